The van der Waals surface area contributed by atoms with Crippen molar-refractivity contribution in [3.63, 3.8) is 0 Å². The minimum atomic E-state index is -0.396. The van der Waals surface area contributed by atoms with Gasteiger partial charge in [-0.05, 0) is 50.0 Å². The first-order chi connectivity index (χ1) is 17.5. The molecular formula is C26H23FN8O. The number of nitrogens with zero attached hydrogens (tertiary/aromatic N) is 5. The van der Waals surface area contributed by atoms with E-state index in [4.69, 9.17) is 9.72 Å². The first-order valence-corrected chi connectivity index (χ1v) is 11.5. The molecule has 0 aliphatic carbocycles. The number of ether oxygens (including phenoxy) is 1. The van der Waals surface area contributed by atoms with Gasteiger partial charge in [0.1, 0.15) is 29.4 Å². The second-order valence-corrected chi connectivity index (χ2v) is 8.79. The number of H-pyrrole nitrogens is 3. The molecular weight excluding hydrogens is 459 g/mol. The van der Waals surface area contributed by atoms with Crippen LogP contribution in [0.5, 0.6) is 5.75 Å². The van der Waals surface area contributed by atoms with Gasteiger partial charge in [-0.2, -0.15) is 10.2 Å². The number of halogens is 1. The predicted molar refractivity (Wildman–Crippen MR) is 136 cm³/mol. The van der Waals surface area contributed by atoms with Crippen LogP contribution in [0.4, 0.5) is 4.39 Å². The van der Waals surface area contributed by atoms with Crippen molar-refractivity contribution in [2.24, 2.45) is 0 Å². The van der Waals surface area contributed by atoms with Gasteiger partial charge in [0.25, 0.3) is 0 Å². The molecule has 0 aliphatic heterocycles. The largest absolute Gasteiger partial charge is 0.492 e. The van der Waals surface area contributed by atoms with E-state index in [1.54, 1.807) is 18.5 Å². The SMILES string of the molecule is CN(C)CCOc1cc(F)cc(-c2nccc3[nH]c(-c4n[nH]c5ccc(-c6cn[nH]c6)cc45)nc23)c1. The Balaban J connectivity index is 1.41. The summed E-state index contributed by atoms with van der Waals surface area (Å²) in [6.45, 7) is 1.18. The molecule has 2 aromatic carbocycles. The second kappa shape index (κ2) is 8.90. The number of aromatic amines is 3. The molecule has 0 radical (unpaired) electrons. The Labute approximate surface area is 205 Å². The van der Waals surface area contributed by atoms with Crippen molar-refractivity contribution < 1.29 is 9.13 Å². The van der Waals surface area contributed by atoms with Crippen LogP contribution in [-0.4, -0.2) is 67.5 Å². The maximum atomic E-state index is 14.5. The molecule has 36 heavy (non-hydrogen) atoms. The van der Waals surface area contributed by atoms with Gasteiger partial charge < -0.3 is 14.6 Å². The zero-order chi connectivity index (χ0) is 24.6. The standard InChI is InChI=1S/C26H23FN8O/c1-35(2)7-8-36-19-10-16(9-18(27)12-19)23-25-22(5-6-28-23)31-26(32-25)24-20-11-15(17-13-29-30-14-17)3-4-21(20)33-34-24/h3-6,9-14H,7-8H2,1-2H3,(H,29,30)(H,31,32)(H,33,34). The van der Waals surface area contributed by atoms with Crippen LogP contribution in [0, 0.1) is 5.82 Å². The quantitative estimate of drug-likeness (QED) is 0.306. The van der Waals surface area contributed by atoms with Gasteiger partial charge in [-0.1, -0.05) is 6.07 Å². The average Bonchev–Trinajstić information content (AvgIpc) is 3.62. The van der Waals surface area contributed by atoms with E-state index in [9.17, 15) is 4.39 Å². The van der Waals surface area contributed by atoms with Crippen molar-refractivity contribution in [2.45, 2.75) is 0 Å². The molecule has 0 amide bonds. The summed E-state index contributed by atoms with van der Waals surface area (Å²) < 4.78 is 20.3. The molecule has 4 aromatic heterocycles. The molecule has 0 atom stereocenters. The van der Waals surface area contributed by atoms with Crippen LogP contribution in [0.2, 0.25) is 0 Å². The molecule has 0 saturated carbocycles. The lowest BCUT2D eigenvalue weighted by Crippen LogP contribution is -2.19. The zero-order valence-electron chi connectivity index (χ0n) is 19.7. The number of imidazole rings is 1. The van der Waals surface area contributed by atoms with Crippen molar-refractivity contribution in [3.8, 4) is 39.7 Å². The zero-order valence-corrected chi connectivity index (χ0v) is 19.7. The predicted octanol–water partition coefficient (Wildman–Crippen LogP) is 4.64. The lowest BCUT2D eigenvalue weighted by Gasteiger charge is -2.12. The average molecular weight is 483 g/mol. The monoisotopic (exact) mass is 482 g/mol. The van der Waals surface area contributed by atoms with E-state index in [0.717, 1.165) is 34.1 Å². The van der Waals surface area contributed by atoms with Gasteiger partial charge in [0.15, 0.2) is 5.82 Å². The Bertz CT molecular complexity index is 1670. The maximum Gasteiger partial charge on any atom is 0.159 e. The van der Waals surface area contributed by atoms with Gasteiger partial charge in [-0.25, -0.2) is 9.37 Å². The number of fused-ring (bicyclic) bond motifs is 2. The van der Waals surface area contributed by atoms with Crippen LogP contribution < -0.4 is 4.74 Å². The summed E-state index contributed by atoms with van der Waals surface area (Å²) in [5.41, 5.74) is 6.12. The molecule has 6 aromatic rings. The fraction of sp³-hybridized carbons (Fsp3) is 0.154. The summed E-state index contributed by atoms with van der Waals surface area (Å²) in [7, 11) is 3.92. The number of nitrogens with one attached hydrogen (secondary N) is 3. The third-order valence-corrected chi connectivity index (χ3v) is 5.97. The summed E-state index contributed by atoms with van der Waals surface area (Å²) in [6.07, 6.45) is 5.30. The van der Waals surface area contributed by atoms with E-state index in [1.165, 1.54) is 12.1 Å². The summed E-state index contributed by atoms with van der Waals surface area (Å²) in [5, 5.41) is 15.4. The van der Waals surface area contributed by atoms with E-state index >= 15 is 0 Å². The molecule has 4 heterocycles. The van der Waals surface area contributed by atoms with Crippen molar-refractivity contribution in [1.82, 2.24) is 40.2 Å². The highest BCUT2D eigenvalue weighted by Gasteiger charge is 2.17. The number of hydrogen-bond donors (Lipinski definition) is 3. The van der Waals surface area contributed by atoms with Crippen LogP contribution in [0.1, 0.15) is 0 Å². The first-order valence-electron chi connectivity index (χ1n) is 11.5. The van der Waals surface area contributed by atoms with Crippen molar-refractivity contribution in [1.29, 1.82) is 0 Å². The van der Waals surface area contributed by atoms with Gasteiger partial charge in [0, 0.05) is 41.5 Å². The molecule has 0 spiro atoms. The molecule has 3 N–H and O–H groups in total. The molecule has 6 rings (SSSR count). The van der Waals surface area contributed by atoms with Crippen molar-refractivity contribution >= 4 is 21.9 Å². The Morgan fingerprint density at radius 2 is 1.89 bits per heavy atom. The Morgan fingerprint density at radius 3 is 2.72 bits per heavy atom. The molecule has 10 heteroatoms. The molecule has 9 nitrogen and oxygen atoms in total. The van der Waals surface area contributed by atoms with Crippen LogP contribution in [-0.2, 0) is 0 Å². The number of hydrogen-bond acceptors (Lipinski definition) is 6. The van der Waals surface area contributed by atoms with E-state index in [2.05, 4.69) is 36.4 Å². The molecule has 0 saturated heterocycles. The Morgan fingerprint density at radius 1 is 0.972 bits per heavy atom. The van der Waals surface area contributed by atoms with Crippen LogP contribution >= 0.6 is 0 Å². The number of rotatable bonds is 7. The molecule has 0 bridgehead atoms. The van der Waals surface area contributed by atoms with Gasteiger partial charge >= 0.3 is 0 Å². The fourth-order valence-electron chi connectivity index (χ4n) is 4.17. The van der Waals surface area contributed by atoms with Crippen LogP contribution in [0.3, 0.4) is 0 Å². The van der Waals surface area contributed by atoms with Gasteiger partial charge in [-0.15, -0.1) is 0 Å². The van der Waals surface area contributed by atoms with E-state index < -0.39 is 5.82 Å². The highest BCUT2D eigenvalue weighted by Crippen LogP contribution is 2.33. The number of likely N-dealkylation sites (N-methyl/N-ethyl adjacent to an activating group) is 1. The van der Waals surface area contributed by atoms with Crippen molar-refractivity contribution in [2.75, 3.05) is 27.2 Å². The Hall–Kier alpha value is -4.57. The summed E-state index contributed by atoms with van der Waals surface area (Å²) in [5.74, 6) is 0.646. The van der Waals surface area contributed by atoms with Crippen LogP contribution in [0.25, 0.3) is 55.8 Å². The molecule has 180 valence electrons. The lowest BCUT2D eigenvalue weighted by molar-refractivity contribution is 0.260. The van der Waals surface area contributed by atoms with Gasteiger partial charge in [0.05, 0.1) is 22.9 Å². The first kappa shape index (κ1) is 21.9. The third kappa shape index (κ3) is 4.07. The minimum absolute atomic E-state index is 0.396. The van der Waals surface area contributed by atoms with E-state index in [1.807, 2.05) is 43.4 Å². The number of benzene rings is 2. The summed E-state index contributed by atoms with van der Waals surface area (Å²) in [4.78, 5) is 14.7. The van der Waals surface area contributed by atoms with E-state index in [0.29, 0.717) is 40.6 Å². The van der Waals surface area contributed by atoms with Gasteiger partial charge in [0.2, 0.25) is 0 Å². The van der Waals surface area contributed by atoms with Crippen LogP contribution in [0.15, 0.2) is 61.1 Å². The number of aromatic nitrogens is 7. The summed E-state index contributed by atoms with van der Waals surface area (Å²) in [6, 6.07) is 12.5. The topological polar surface area (TPSA) is 111 Å². The Kier molecular flexibility index (Phi) is 5.42. The maximum absolute atomic E-state index is 14.5. The lowest BCUT2D eigenvalue weighted by atomic mass is 10.1. The highest BCUT2D eigenvalue weighted by atomic mass is 19.1. The van der Waals surface area contributed by atoms with Gasteiger partial charge in [-0.3, -0.25) is 15.2 Å². The van der Waals surface area contributed by atoms with E-state index in [-0.39, 0.29) is 0 Å². The second-order valence-electron chi connectivity index (χ2n) is 8.79. The molecule has 0 unspecified atom stereocenters. The molecule has 0 aliphatic rings. The number of pyridine rings is 1. The fourth-order valence-corrected chi connectivity index (χ4v) is 4.17. The smallest absolute Gasteiger partial charge is 0.159 e. The minimum Gasteiger partial charge on any atom is -0.492 e. The highest BCUT2D eigenvalue weighted by molar-refractivity contribution is 5.97. The third-order valence-electron chi connectivity index (χ3n) is 5.97. The van der Waals surface area contributed by atoms with Crippen molar-refractivity contribution in [3.05, 3.63) is 66.9 Å². The normalized spacial score (nSPS) is 11.7. The molecule has 0 fully saturated rings. The summed E-state index contributed by atoms with van der Waals surface area (Å²) >= 11 is 0.